The summed E-state index contributed by atoms with van der Waals surface area (Å²) >= 11 is 0. The van der Waals surface area contributed by atoms with Crippen molar-refractivity contribution in [1.29, 1.82) is 0 Å². The highest BCUT2D eigenvalue weighted by atomic mass is 16.6. The SMILES string of the molecule is O=C1C2C(c3ccccn3)NC(Cc3c[nH]c4ccccc34)(C(=O)O)C2C(=O)N1c1cccc([N+](=O)[O-])c1. The lowest BCUT2D eigenvalue weighted by atomic mass is 9.76. The molecule has 2 aliphatic rings. The lowest BCUT2D eigenvalue weighted by Crippen LogP contribution is -2.57. The number of pyridine rings is 1. The Hall–Kier alpha value is -4.90. The standard InChI is InChI=1S/C27H21N5O6/c33-24-21-22(25(34)31(24)16-6-5-7-17(12-16)32(37)38)27(26(35)36,30-23(21)20-10-3-4-11-28-20)13-15-14-29-19-9-2-1-8-18(15)19/h1-12,14,21-23,29-30H,13H2,(H,35,36). The number of aromatic nitrogens is 2. The summed E-state index contributed by atoms with van der Waals surface area (Å²) in [6, 6.07) is 16.8. The second kappa shape index (κ2) is 8.60. The number of carboxylic acids is 1. The van der Waals surface area contributed by atoms with E-state index in [-0.39, 0.29) is 17.8 Å². The van der Waals surface area contributed by atoms with Crippen molar-refractivity contribution in [3.05, 3.63) is 100 Å². The number of amides is 2. The zero-order valence-corrected chi connectivity index (χ0v) is 19.8. The molecule has 6 rings (SSSR count). The molecule has 2 saturated heterocycles. The Bertz CT molecular complexity index is 1620. The quantitative estimate of drug-likeness (QED) is 0.202. The van der Waals surface area contributed by atoms with Crippen molar-refractivity contribution >= 4 is 40.1 Å². The molecular weight excluding hydrogens is 490 g/mol. The monoisotopic (exact) mass is 511 g/mol. The van der Waals surface area contributed by atoms with E-state index in [2.05, 4.69) is 15.3 Å². The fourth-order valence-corrected chi connectivity index (χ4v) is 5.83. The van der Waals surface area contributed by atoms with Crippen molar-refractivity contribution in [3.8, 4) is 0 Å². The molecule has 190 valence electrons. The van der Waals surface area contributed by atoms with Gasteiger partial charge in [0.25, 0.3) is 5.69 Å². The molecule has 2 aromatic heterocycles. The zero-order valence-electron chi connectivity index (χ0n) is 19.8. The number of hydrogen-bond donors (Lipinski definition) is 3. The van der Waals surface area contributed by atoms with Crippen LogP contribution >= 0.6 is 0 Å². The normalized spacial score (nSPS) is 24.6. The Morgan fingerprint density at radius 3 is 2.61 bits per heavy atom. The number of aromatic amines is 1. The number of nitro groups is 1. The van der Waals surface area contributed by atoms with Crippen LogP contribution in [0.5, 0.6) is 0 Å². The molecule has 2 amide bonds. The minimum absolute atomic E-state index is 0.0229. The number of nitrogens with one attached hydrogen (secondary N) is 2. The fraction of sp³-hybridized carbons (Fsp3) is 0.185. The molecule has 11 heteroatoms. The summed E-state index contributed by atoms with van der Waals surface area (Å²) in [4.78, 5) is 60.0. The molecule has 2 aliphatic heterocycles. The smallest absolute Gasteiger partial charge is 0.325 e. The van der Waals surface area contributed by atoms with E-state index in [1.165, 1.54) is 24.4 Å². The Kier molecular flexibility index (Phi) is 5.31. The van der Waals surface area contributed by atoms with Crippen LogP contribution in [0.2, 0.25) is 0 Å². The molecule has 0 radical (unpaired) electrons. The molecule has 0 spiro atoms. The van der Waals surface area contributed by atoms with Crippen molar-refractivity contribution in [2.45, 2.75) is 18.0 Å². The first-order valence-corrected chi connectivity index (χ1v) is 11.9. The van der Waals surface area contributed by atoms with E-state index < -0.39 is 46.1 Å². The number of imide groups is 1. The Morgan fingerprint density at radius 2 is 1.87 bits per heavy atom. The number of non-ortho nitro benzene ring substituents is 1. The molecule has 4 aromatic rings. The van der Waals surface area contributed by atoms with Crippen LogP contribution in [0.4, 0.5) is 11.4 Å². The van der Waals surface area contributed by atoms with Crippen LogP contribution in [-0.2, 0) is 20.8 Å². The van der Waals surface area contributed by atoms with Crippen LogP contribution in [0.15, 0.2) is 79.1 Å². The molecule has 11 nitrogen and oxygen atoms in total. The Labute approximate surface area is 215 Å². The first-order valence-electron chi connectivity index (χ1n) is 11.9. The molecule has 2 aromatic carbocycles. The second-order valence-electron chi connectivity index (χ2n) is 9.48. The highest BCUT2D eigenvalue weighted by Crippen LogP contribution is 2.51. The number of aliphatic carboxylic acids is 1. The Morgan fingerprint density at radius 1 is 1.08 bits per heavy atom. The predicted molar refractivity (Wildman–Crippen MR) is 135 cm³/mol. The van der Waals surface area contributed by atoms with Crippen molar-refractivity contribution in [2.75, 3.05) is 4.90 Å². The van der Waals surface area contributed by atoms with Crippen LogP contribution in [0, 0.1) is 22.0 Å². The van der Waals surface area contributed by atoms with Crippen LogP contribution in [0.25, 0.3) is 10.9 Å². The summed E-state index contributed by atoms with van der Waals surface area (Å²) in [7, 11) is 0. The maximum absolute atomic E-state index is 14.0. The summed E-state index contributed by atoms with van der Waals surface area (Å²) in [5.41, 5.74) is -0.208. The number of carboxylic acid groups (broad SMARTS) is 1. The third-order valence-electron chi connectivity index (χ3n) is 7.49. The molecule has 38 heavy (non-hydrogen) atoms. The number of carbonyl (C=O) groups excluding carboxylic acids is 2. The summed E-state index contributed by atoms with van der Waals surface area (Å²) in [6.45, 7) is 0. The van der Waals surface area contributed by atoms with E-state index in [1.54, 1.807) is 24.4 Å². The highest BCUT2D eigenvalue weighted by molar-refractivity contribution is 6.24. The largest absolute Gasteiger partial charge is 0.480 e. The summed E-state index contributed by atoms with van der Waals surface area (Å²) in [5.74, 6) is -5.01. The third-order valence-corrected chi connectivity index (χ3v) is 7.49. The first-order chi connectivity index (χ1) is 18.3. The lowest BCUT2D eigenvalue weighted by Gasteiger charge is -2.31. The molecule has 2 fully saturated rings. The number of nitro benzene ring substituents is 1. The van der Waals surface area contributed by atoms with Crippen molar-refractivity contribution in [2.24, 2.45) is 11.8 Å². The van der Waals surface area contributed by atoms with E-state index in [1.807, 2.05) is 24.3 Å². The lowest BCUT2D eigenvalue weighted by molar-refractivity contribution is -0.384. The number of benzene rings is 2. The molecule has 0 aliphatic carbocycles. The highest BCUT2D eigenvalue weighted by Gasteiger charge is 2.69. The minimum Gasteiger partial charge on any atom is -0.480 e. The predicted octanol–water partition coefficient (Wildman–Crippen LogP) is 2.99. The zero-order chi connectivity index (χ0) is 26.6. The van der Waals surface area contributed by atoms with Gasteiger partial charge in [0.2, 0.25) is 11.8 Å². The van der Waals surface area contributed by atoms with Gasteiger partial charge >= 0.3 is 5.97 Å². The van der Waals surface area contributed by atoms with Gasteiger partial charge in [-0.2, -0.15) is 0 Å². The van der Waals surface area contributed by atoms with E-state index in [4.69, 9.17) is 0 Å². The number of nitrogens with zero attached hydrogens (tertiary/aromatic N) is 3. The number of H-pyrrole nitrogens is 1. The first kappa shape index (κ1) is 23.5. The minimum atomic E-state index is -1.85. The number of rotatable bonds is 6. The van der Waals surface area contributed by atoms with E-state index in [0.29, 0.717) is 11.3 Å². The van der Waals surface area contributed by atoms with E-state index in [9.17, 15) is 29.6 Å². The van der Waals surface area contributed by atoms with Crippen LogP contribution in [0.1, 0.15) is 17.3 Å². The average molecular weight is 511 g/mol. The molecule has 0 saturated carbocycles. The third kappa shape index (κ3) is 3.40. The van der Waals surface area contributed by atoms with Gasteiger partial charge in [0.05, 0.1) is 34.2 Å². The van der Waals surface area contributed by atoms with Crippen molar-refractivity contribution < 1.29 is 24.4 Å². The second-order valence-corrected chi connectivity index (χ2v) is 9.48. The van der Waals surface area contributed by atoms with Gasteiger partial charge in [-0.25, -0.2) is 4.90 Å². The van der Waals surface area contributed by atoms with E-state index >= 15 is 0 Å². The van der Waals surface area contributed by atoms with Crippen molar-refractivity contribution in [1.82, 2.24) is 15.3 Å². The Balaban J connectivity index is 1.51. The summed E-state index contributed by atoms with van der Waals surface area (Å²) in [6.07, 6.45) is 3.16. The van der Waals surface area contributed by atoms with E-state index in [0.717, 1.165) is 21.9 Å². The van der Waals surface area contributed by atoms with Gasteiger partial charge in [-0.05, 0) is 29.8 Å². The molecule has 3 N–H and O–H groups in total. The maximum Gasteiger partial charge on any atom is 0.325 e. The molecule has 4 atom stereocenters. The van der Waals surface area contributed by atoms with Gasteiger partial charge in [0.15, 0.2) is 0 Å². The topological polar surface area (TPSA) is 159 Å². The molecule has 0 bridgehead atoms. The fourth-order valence-electron chi connectivity index (χ4n) is 5.83. The van der Waals surface area contributed by atoms with Crippen molar-refractivity contribution in [3.63, 3.8) is 0 Å². The summed E-state index contributed by atoms with van der Waals surface area (Å²) < 4.78 is 0. The average Bonchev–Trinajstić information content (AvgIpc) is 3.57. The van der Waals surface area contributed by atoms with Crippen LogP contribution in [-0.4, -0.2) is 43.3 Å². The number of para-hydroxylation sites is 1. The molecular formula is C27H21N5O6. The number of anilines is 1. The molecule has 4 unspecified atom stereocenters. The maximum atomic E-state index is 14.0. The number of carbonyl (C=O) groups is 3. The van der Waals surface area contributed by atoms with Gasteiger partial charge in [-0.3, -0.25) is 34.8 Å². The van der Waals surface area contributed by atoms with Gasteiger partial charge < -0.3 is 10.1 Å². The molecule has 4 heterocycles. The number of hydrogen-bond acceptors (Lipinski definition) is 7. The van der Waals surface area contributed by atoms with Gasteiger partial charge in [0, 0.05) is 41.9 Å². The van der Waals surface area contributed by atoms with Crippen LogP contribution in [0.3, 0.4) is 0 Å². The van der Waals surface area contributed by atoms with Gasteiger partial charge in [0.1, 0.15) is 5.54 Å². The van der Waals surface area contributed by atoms with Gasteiger partial charge in [-0.1, -0.05) is 30.3 Å². The van der Waals surface area contributed by atoms with Crippen LogP contribution < -0.4 is 10.2 Å². The van der Waals surface area contributed by atoms with Gasteiger partial charge in [-0.15, -0.1) is 0 Å². The summed E-state index contributed by atoms with van der Waals surface area (Å²) in [5, 5.41) is 26.0. The number of fused-ring (bicyclic) bond motifs is 2.